The first-order valence-electron chi connectivity index (χ1n) is 8.24. The second kappa shape index (κ2) is 10.1. The molecule has 0 aliphatic heterocycles. The Morgan fingerprint density at radius 2 is 1.68 bits per heavy atom. The summed E-state index contributed by atoms with van der Waals surface area (Å²) >= 11 is 0. The largest absolute Gasteiger partial charge is 0.496 e. The molecule has 0 fully saturated rings. The molecule has 136 valence electrons. The van der Waals surface area contributed by atoms with Gasteiger partial charge < -0.3 is 15.4 Å². The number of ether oxygens (including phenoxy) is 1. The van der Waals surface area contributed by atoms with Crippen molar-refractivity contribution in [2.24, 2.45) is 5.73 Å². The molecule has 0 aromatic heterocycles. The lowest BCUT2D eigenvalue weighted by molar-refractivity contribution is -0.134. The lowest BCUT2D eigenvalue weighted by Crippen LogP contribution is -2.46. The molecule has 0 saturated carbocycles. The fourth-order valence-corrected chi connectivity index (χ4v) is 2.79. The van der Waals surface area contributed by atoms with Gasteiger partial charge in [0.2, 0.25) is 5.91 Å². The summed E-state index contributed by atoms with van der Waals surface area (Å²) in [7, 11) is 1.67. The molecule has 5 heteroatoms. The van der Waals surface area contributed by atoms with E-state index in [0.717, 1.165) is 23.3 Å². The summed E-state index contributed by atoms with van der Waals surface area (Å²) < 4.78 is 5.42. The maximum absolute atomic E-state index is 12.6. The minimum absolute atomic E-state index is 0. The number of carbonyl (C=O) groups is 1. The first kappa shape index (κ1) is 21.0. The number of para-hydroxylation sites is 1. The zero-order chi connectivity index (χ0) is 17.5. The molecule has 0 saturated heterocycles. The summed E-state index contributed by atoms with van der Waals surface area (Å²) in [5, 5.41) is 0. The summed E-state index contributed by atoms with van der Waals surface area (Å²) in [5.74, 6) is 0.804. The Balaban J connectivity index is 0.00000312. The Hall–Kier alpha value is -2.04. The topological polar surface area (TPSA) is 55.6 Å². The molecule has 1 amide bonds. The second-order valence-electron chi connectivity index (χ2n) is 6.11. The third-order valence-electron chi connectivity index (χ3n) is 4.11. The van der Waals surface area contributed by atoms with Crippen LogP contribution in [0, 0.1) is 0 Å². The normalized spacial score (nSPS) is 12.6. The number of methoxy groups -OCH3 is 1. The highest BCUT2D eigenvalue weighted by atomic mass is 35.5. The summed E-state index contributed by atoms with van der Waals surface area (Å²) in [4.78, 5) is 14.5. The first-order chi connectivity index (χ1) is 11.5. The van der Waals surface area contributed by atoms with Crippen LogP contribution in [0.15, 0.2) is 54.6 Å². The van der Waals surface area contributed by atoms with Crippen LogP contribution in [-0.4, -0.2) is 30.0 Å². The molecule has 0 heterocycles. The fraction of sp³-hybridized carbons (Fsp3) is 0.350. The first-order valence-corrected chi connectivity index (χ1v) is 8.24. The zero-order valence-electron chi connectivity index (χ0n) is 15.0. The molecule has 2 aromatic carbocycles. The highest BCUT2D eigenvalue weighted by molar-refractivity contribution is 5.85. The van der Waals surface area contributed by atoms with Crippen LogP contribution in [-0.2, 0) is 17.8 Å². The number of nitrogens with zero attached hydrogens (tertiary/aromatic N) is 1. The number of benzene rings is 2. The Bertz CT molecular complexity index is 662. The molecule has 2 atom stereocenters. The highest BCUT2D eigenvalue weighted by Gasteiger charge is 2.24. The maximum atomic E-state index is 12.6. The van der Waals surface area contributed by atoms with E-state index in [2.05, 4.69) is 6.92 Å². The van der Waals surface area contributed by atoms with E-state index in [-0.39, 0.29) is 24.4 Å². The van der Waals surface area contributed by atoms with Gasteiger partial charge in [0.1, 0.15) is 5.75 Å². The van der Waals surface area contributed by atoms with Gasteiger partial charge in [0, 0.05) is 12.6 Å². The smallest absolute Gasteiger partial charge is 0.239 e. The van der Waals surface area contributed by atoms with E-state index in [4.69, 9.17) is 10.5 Å². The van der Waals surface area contributed by atoms with Gasteiger partial charge in [-0.1, -0.05) is 48.5 Å². The standard InChI is InChI=1S/C20H26N2O2.ClH/c1-15(13-18-11-7-8-12-19(18)24-3)22(20(23)16(2)21)14-17-9-5-4-6-10-17;/h4-12,15-16H,13-14,21H2,1-3H3;1H/t15?,16-;/m0./s1. The molecule has 4 nitrogen and oxygen atoms in total. The number of carbonyl (C=O) groups excluding carboxylic acids is 1. The Morgan fingerprint density at radius 1 is 1.08 bits per heavy atom. The monoisotopic (exact) mass is 362 g/mol. The quantitative estimate of drug-likeness (QED) is 0.821. The second-order valence-corrected chi connectivity index (χ2v) is 6.11. The van der Waals surface area contributed by atoms with E-state index in [1.165, 1.54) is 0 Å². The van der Waals surface area contributed by atoms with Crippen molar-refractivity contribution in [2.75, 3.05) is 7.11 Å². The lowest BCUT2D eigenvalue weighted by Gasteiger charge is -2.31. The van der Waals surface area contributed by atoms with E-state index in [1.54, 1.807) is 14.0 Å². The molecule has 0 spiro atoms. The van der Waals surface area contributed by atoms with Gasteiger partial charge in [0.25, 0.3) is 0 Å². The fourth-order valence-electron chi connectivity index (χ4n) is 2.79. The third kappa shape index (κ3) is 5.76. The molecule has 2 N–H and O–H groups in total. The predicted molar refractivity (Wildman–Crippen MR) is 104 cm³/mol. The van der Waals surface area contributed by atoms with Crippen molar-refractivity contribution in [3.8, 4) is 5.75 Å². The van der Waals surface area contributed by atoms with Gasteiger partial charge in [0.15, 0.2) is 0 Å². The number of halogens is 1. The minimum atomic E-state index is -0.520. The number of hydrogen-bond acceptors (Lipinski definition) is 3. The Kier molecular flexibility index (Phi) is 8.46. The molecule has 25 heavy (non-hydrogen) atoms. The van der Waals surface area contributed by atoms with Crippen molar-refractivity contribution in [1.29, 1.82) is 0 Å². The molecular formula is C20H27ClN2O2. The molecule has 0 bridgehead atoms. The van der Waals surface area contributed by atoms with Crippen LogP contribution in [0.1, 0.15) is 25.0 Å². The molecule has 2 aromatic rings. The van der Waals surface area contributed by atoms with Gasteiger partial charge in [-0.2, -0.15) is 0 Å². The number of hydrogen-bond donors (Lipinski definition) is 1. The average molecular weight is 363 g/mol. The van der Waals surface area contributed by atoms with E-state index in [9.17, 15) is 4.79 Å². The summed E-state index contributed by atoms with van der Waals surface area (Å²) in [6.45, 7) is 4.34. The van der Waals surface area contributed by atoms with Crippen LogP contribution < -0.4 is 10.5 Å². The van der Waals surface area contributed by atoms with E-state index < -0.39 is 6.04 Å². The predicted octanol–water partition coefficient (Wildman–Crippen LogP) is 3.42. The molecular weight excluding hydrogens is 336 g/mol. The van der Waals surface area contributed by atoms with Gasteiger partial charge in [0.05, 0.1) is 13.2 Å². The zero-order valence-corrected chi connectivity index (χ0v) is 15.8. The van der Waals surface area contributed by atoms with Crippen LogP contribution in [0.25, 0.3) is 0 Å². The maximum Gasteiger partial charge on any atom is 0.239 e. The molecule has 1 unspecified atom stereocenters. The SMILES string of the molecule is COc1ccccc1CC(C)N(Cc1ccccc1)C(=O)[C@H](C)N.Cl. The van der Waals surface area contributed by atoms with Crippen molar-refractivity contribution < 1.29 is 9.53 Å². The number of nitrogens with two attached hydrogens (primary N) is 1. The molecule has 0 aliphatic rings. The van der Waals surface area contributed by atoms with Crippen LogP contribution >= 0.6 is 12.4 Å². The summed E-state index contributed by atoms with van der Waals surface area (Å²) in [5.41, 5.74) is 8.04. The van der Waals surface area contributed by atoms with Gasteiger partial charge in [-0.3, -0.25) is 4.79 Å². The van der Waals surface area contributed by atoms with Gasteiger partial charge in [-0.05, 0) is 37.5 Å². The minimum Gasteiger partial charge on any atom is -0.496 e. The lowest BCUT2D eigenvalue weighted by atomic mass is 10.0. The van der Waals surface area contributed by atoms with E-state index >= 15 is 0 Å². The van der Waals surface area contributed by atoms with Gasteiger partial charge >= 0.3 is 0 Å². The summed E-state index contributed by atoms with van der Waals surface area (Å²) in [6.07, 6.45) is 0.718. The van der Waals surface area contributed by atoms with Crippen LogP contribution in [0.2, 0.25) is 0 Å². The van der Waals surface area contributed by atoms with Gasteiger partial charge in [-0.15, -0.1) is 12.4 Å². The Labute approximate surface area is 156 Å². The van der Waals surface area contributed by atoms with Crippen molar-refractivity contribution in [3.05, 3.63) is 65.7 Å². The average Bonchev–Trinajstić information content (AvgIpc) is 2.60. The van der Waals surface area contributed by atoms with Crippen molar-refractivity contribution in [1.82, 2.24) is 4.90 Å². The van der Waals surface area contributed by atoms with E-state index in [1.807, 2.05) is 59.5 Å². The van der Waals surface area contributed by atoms with Gasteiger partial charge in [-0.25, -0.2) is 0 Å². The van der Waals surface area contributed by atoms with Crippen LogP contribution in [0.3, 0.4) is 0 Å². The number of rotatable bonds is 7. The molecule has 0 aliphatic carbocycles. The van der Waals surface area contributed by atoms with Crippen molar-refractivity contribution in [3.63, 3.8) is 0 Å². The number of amides is 1. The van der Waals surface area contributed by atoms with Crippen LogP contribution in [0.4, 0.5) is 0 Å². The third-order valence-corrected chi connectivity index (χ3v) is 4.11. The van der Waals surface area contributed by atoms with E-state index in [0.29, 0.717) is 6.54 Å². The molecule has 0 radical (unpaired) electrons. The van der Waals surface area contributed by atoms with Crippen molar-refractivity contribution >= 4 is 18.3 Å². The molecule has 2 rings (SSSR count). The van der Waals surface area contributed by atoms with Crippen molar-refractivity contribution in [2.45, 2.75) is 38.9 Å². The highest BCUT2D eigenvalue weighted by Crippen LogP contribution is 2.21. The Morgan fingerprint density at radius 3 is 2.28 bits per heavy atom. The summed E-state index contributed by atoms with van der Waals surface area (Å²) in [6, 6.07) is 17.4. The van der Waals surface area contributed by atoms with Crippen LogP contribution in [0.5, 0.6) is 5.75 Å².